The highest BCUT2D eigenvalue weighted by Crippen LogP contribution is 2.35. The van der Waals surface area contributed by atoms with Crippen LogP contribution < -0.4 is 14.8 Å². The molecule has 1 N–H and O–H groups in total. The molecule has 1 aromatic heterocycles. The number of methoxy groups -OCH3 is 1. The third kappa shape index (κ3) is 3.82. The van der Waals surface area contributed by atoms with Crippen LogP contribution in [0, 0.1) is 0 Å². The molecule has 3 aromatic carbocycles. The lowest BCUT2D eigenvalue weighted by Crippen LogP contribution is -2.00. The molecular formula is C22H19N3O2. The van der Waals surface area contributed by atoms with Crippen LogP contribution in [-0.2, 0) is 6.61 Å². The van der Waals surface area contributed by atoms with E-state index < -0.39 is 0 Å². The Morgan fingerprint density at radius 1 is 0.852 bits per heavy atom. The van der Waals surface area contributed by atoms with Crippen LogP contribution in [0.1, 0.15) is 5.56 Å². The highest BCUT2D eigenvalue weighted by molar-refractivity contribution is 5.93. The van der Waals surface area contributed by atoms with Crippen LogP contribution in [-0.4, -0.2) is 17.1 Å². The van der Waals surface area contributed by atoms with Crippen molar-refractivity contribution in [2.45, 2.75) is 6.61 Å². The summed E-state index contributed by atoms with van der Waals surface area (Å²) in [4.78, 5) is 8.77. The number of benzene rings is 3. The fourth-order valence-electron chi connectivity index (χ4n) is 2.83. The minimum Gasteiger partial charge on any atom is -0.493 e. The number of hydrogen-bond acceptors (Lipinski definition) is 5. The van der Waals surface area contributed by atoms with Crippen LogP contribution in [0.2, 0.25) is 0 Å². The lowest BCUT2D eigenvalue weighted by atomic mass is 10.2. The van der Waals surface area contributed by atoms with Crippen LogP contribution >= 0.6 is 0 Å². The van der Waals surface area contributed by atoms with Gasteiger partial charge in [-0.1, -0.05) is 48.5 Å². The van der Waals surface area contributed by atoms with E-state index in [1.54, 1.807) is 13.4 Å². The summed E-state index contributed by atoms with van der Waals surface area (Å²) in [5.74, 6) is 2.02. The van der Waals surface area contributed by atoms with Crippen LogP contribution in [0.3, 0.4) is 0 Å². The minimum absolute atomic E-state index is 0.461. The number of aromatic nitrogens is 2. The molecule has 27 heavy (non-hydrogen) atoms. The van der Waals surface area contributed by atoms with Crippen molar-refractivity contribution in [2.75, 3.05) is 12.4 Å². The largest absolute Gasteiger partial charge is 0.493 e. The molecule has 4 rings (SSSR count). The number of nitrogens with zero attached hydrogens (tertiary/aromatic N) is 2. The van der Waals surface area contributed by atoms with Gasteiger partial charge in [0.1, 0.15) is 18.8 Å². The maximum absolute atomic E-state index is 5.97. The zero-order valence-corrected chi connectivity index (χ0v) is 14.9. The van der Waals surface area contributed by atoms with Crippen molar-refractivity contribution in [2.24, 2.45) is 0 Å². The molecule has 134 valence electrons. The molecule has 4 aromatic rings. The van der Waals surface area contributed by atoms with Gasteiger partial charge >= 0.3 is 0 Å². The summed E-state index contributed by atoms with van der Waals surface area (Å²) in [6, 6.07) is 23.7. The molecule has 1 heterocycles. The van der Waals surface area contributed by atoms with Crippen molar-refractivity contribution in [3.63, 3.8) is 0 Å². The summed E-state index contributed by atoms with van der Waals surface area (Å²) in [6.07, 6.45) is 1.54. The molecule has 0 spiro atoms. The molecule has 0 saturated carbocycles. The van der Waals surface area contributed by atoms with E-state index in [1.165, 1.54) is 0 Å². The fourth-order valence-corrected chi connectivity index (χ4v) is 2.83. The summed E-state index contributed by atoms with van der Waals surface area (Å²) in [6.45, 7) is 0.461. The van der Waals surface area contributed by atoms with Crippen molar-refractivity contribution < 1.29 is 9.47 Å². The Morgan fingerprint density at radius 3 is 2.33 bits per heavy atom. The Kier molecular flexibility index (Phi) is 4.83. The second-order valence-corrected chi connectivity index (χ2v) is 6.01. The normalized spacial score (nSPS) is 10.6. The molecule has 0 saturated heterocycles. The van der Waals surface area contributed by atoms with Crippen LogP contribution in [0.4, 0.5) is 11.5 Å². The second kappa shape index (κ2) is 7.74. The van der Waals surface area contributed by atoms with Crippen molar-refractivity contribution in [1.29, 1.82) is 0 Å². The molecule has 5 nitrogen and oxygen atoms in total. The minimum atomic E-state index is 0.461. The van der Waals surface area contributed by atoms with Gasteiger partial charge in [0, 0.05) is 17.1 Å². The third-order valence-corrected chi connectivity index (χ3v) is 4.19. The second-order valence-electron chi connectivity index (χ2n) is 6.01. The first-order valence-electron chi connectivity index (χ1n) is 8.65. The highest BCUT2D eigenvalue weighted by Gasteiger charge is 2.12. The number of anilines is 2. The molecule has 0 aliphatic carbocycles. The first-order chi connectivity index (χ1) is 13.3. The molecule has 0 radical (unpaired) electrons. The first kappa shape index (κ1) is 16.8. The molecule has 0 amide bonds. The molecule has 0 fully saturated rings. The Hall–Kier alpha value is -3.60. The molecule has 0 aliphatic rings. The molecule has 0 bridgehead atoms. The molecule has 0 atom stereocenters. The van der Waals surface area contributed by atoms with Crippen LogP contribution in [0.15, 0.2) is 79.1 Å². The van der Waals surface area contributed by atoms with Gasteiger partial charge in [-0.3, -0.25) is 0 Å². The van der Waals surface area contributed by atoms with Gasteiger partial charge in [-0.05, 0) is 23.8 Å². The molecule has 0 aliphatic heterocycles. The molecular weight excluding hydrogens is 338 g/mol. The monoisotopic (exact) mass is 357 g/mol. The first-order valence-corrected chi connectivity index (χ1v) is 8.65. The standard InChI is InChI=1S/C22H19N3O2/c1-26-20-12-18-19(13-21(20)27-14-16-8-4-2-5-9-16)23-15-24-22(18)25-17-10-6-3-7-11-17/h2-13,15H,14H2,1H3,(H,23,24,25). The average Bonchev–Trinajstić information content (AvgIpc) is 2.73. The van der Waals surface area contributed by atoms with E-state index in [-0.39, 0.29) is 0 Å². The van der Waals surface area contributed by atoms with Gasteiger partial charge in [0.2, 0.25) is 0 Å². The molecule has 0 unspecified atom stereocenters. The number of ether oxygens (including phenoxy) is 2. The van der Waals surface area contributed by atoms with Gasteiger partial charge in [-0.15, -0.1) is 0 Å². The lowest BCUT2D eigenvalue weighted by molar-refractivity contribution is 0.285. The Bertz CT molecular complexity index is 1040. The smallest absolute Gasteiger partial charge is 0.163 e. The van der Waals surface area contributed by atoms with Crippen molar-refractivity contribution in [3.05, 3.63) is 84.7 Å². The van der Waals surface area contributed by atoms with Gasteiger partial charge in [-0.25, -0.2) is 9.97 Å². The van der Waals surface area contributed by atoms with E-state index in [0.717, 1.165) is 28.0 Å². The summed E-state index contributed by atoms with van der Waals surface area (Å²) in [7, 11) is 1.63. The van der Waals surface area contributed by atoms with E-state index >= 15 is 0 Å². The summed E-state index contributed by atoms with van der Waals surface area (Å²) in [5, 5.41) is 4.19. The number of fused-ring (bicyclic) bond motifs is 1. The van der Waals surface area contributed by atoms with Crippen molar-refractivity contribution in [1.82, 2.24) is 9.97 Å². The van der Waals surface area contributed by atoms with Crippen molar-refractivity contribution >= 4 is 22.4 Å². The van der Waals surface area contributed by atoms with E-state index in [9.17, 15) is 0 Å². The van der Waals surface area contributed by atoms with E-state index in [2.05, 4.69) is 15.3 Å². The average molecular weight is 357 g/mol. The summed E-state index contributed by atoms with van der Waals surface area (Å²) >= 11 is 0. The van der Waals surface area contributed by atoms with Gasteiger partial charge in [-0.2, -0.15) is 0 Å². The van der Waals surface area contributed by atoms with Crippen LogP contribution in [0.25, 0.3) is 10.9 Å². The van der Waals surface area contributed by atoms with Crippen LogP contribution in [0.5, 0.6) is 11.5 Å². The topological polar surface area (TPSA) is 56.3 Å². The number of hydrogen-bond donors (Lipinski definition) is 1. The third-order valence-electron chi connectivity index (χ3n) is 4.19. The fraction of sp³-hybridized carbons (Fsp3) is 0.0909. The maximum Gasteiger partial charge on any atom is 0.163 e. The SMILES string of the molecule is COc1cc2c(Nc3ccccc3)ncnc2cc1OCc1ccccc1. The predicted octanol–water partition coefficient (Wildman–Crippen LogP) is 4.96. The quantitative estimate of drug-likeness (QED) is 0.528. The lowest BCUT2D eigenvalue weighted by Gasteiger charge is -2.14. The van der Waals surface area contributed by atoms with E-state index in [1.807, 2.05) is 72.8 Å². The van der Waals surface area contributed by atoms with Gasteiger partial charge in [0.05, 0.1) is 12.6 Å². The van der Waals surface area contributed by atoms with Gasteiger partial charge < -0.3 is 14.8 Å². The number of para-hydroxylation sites is 1. The zero-order valence-electron chi connectivity index (χ0n) is 14.9. The zero-order chi connectivity index (χ0) is 18.5. The maximum atomic E-state index is 5.97. The number of rotatable bonds is 6. The Balaban J connectivity index is 1.66. The summed E-state index contributed by atoms with van der Waals surface area (Å²) in [5.41, 5.74) is 2.84. The Labute approximate surface area is 157 Å². The van der Waals surface area contributed by atoms with E-state index in [4.69, 9.17) is 9.47 Å². The number of nitrogens with one attached hydrogen (secondary N) is 1. The van der Waals surface area contributed by atoms with Gasteiger partial charge in [0.25, 0.3) is 0 Å². The van der Waals surface area contributed by atoms with Gasteiger partial charge in [0.15, 0.2) is 11.5 Å². The molecule has 5 heteroatoms. The van der Waals surface area contributed by atoms with Crippen molar-refractivity contribution in [3.8, 4) is 11.5 Å². The van der Waals surface area contributed by atoms with E-state index in [0.29, 0.717) is 18.1 Å². The predicted molar refractivity (Wildman–Crippen MR) is 107 cm³/mol. The highest BCUT2D eigenvalue weighted by atomic mass is 16.5. The Morgan fingerprint density at radius 2 is 1.59 bits per heavy atom. The summed E-state index contributed by atoms with van der Waals surface area (Å²) < 4.78 is 11.5.